The molecule has 2 heterocycles. The lowest BCUT2D eigenvalue weighted by atomic mass is 9.76. The number of ether oxygens (including phenoxy) is 3. The van der Waals surface area contributed by atoms with Crippen LogP contribution in [0.15, 0.2) is 30.3 Å². The Labute approximate surface area is 140 Å². The quantitative estimate of drug-likeness (QED) is 0.907. The monoisotopic (exact) mass is 335 g/mol. The van der Waals surface area contributed by atoms with E-state index in [9.17, 15) is 14.7 Å². The number of likely N-dealkylation sites (tertiary alicyclic amines) is 1. The summed E-state index contributed by atoms with van der Waals surface area (Å²) in [6, 6.07) is 9.34. The van der Waals surface area contributed by atoms with E-state index in [-0.39, 0.29) is 13.2 Å². The Bertz CT molecular complexity index is 613. The fraction of sp³-hybridized carbons (Fsp3) is 0.529. The van der Waals surface area contributed by atoms with Crippen LogP contribution in [0.25, 0.3) is 0 Å². The van der Waals surface area contributed by atoms with Crippen LogP contribution in [0.2, 0.25) is 0 Å². The minimum absolute atomic E-state index is 0.0179. The minimum Gasteiger partial charge on any atom is -0.481 e. The smallest absolute Gasteiger partial charge is 0.410 e. The number of carboxylic acids is 1. The molecule has 2 fully saturated rings. The van der Waals surface area contributed by atoms with Crippen LogP contribution in [0.3, 0.4) is 0 Å². The molecular weight excluding hydrogens is 314 g/mol. The van der Waals surface area contributed by atoms with Crippen LogP contribution in [0, 0.1) is 5.41 Å². The van der Waals surface area contributed by atoms with E-state index in [1.54, 1.807) is 6.92 Å². The molecule has 3 rings (SSSR count). The Morgan fingerprint density at radius 3 is 2.54 bits per heavy atom. The molecule has 2 aliphatic rings. The summed E-state index contributed by atoms with van der Waals surface area (Å²) >= 11 is 0. The Morgan fingerprint density at radius 2 is 1.92 bits per heavy atom. The molecule has 0 radical (unpaired) electrons. The zero-order valence-corrected chi connectivity index (χ0v) is 13.6. The molecule has 1 aromatic rings. The second kappa shape index (κ2) is 6.41. The Morgan fingerprint density at radius 1 is 1.25 bits per heavy atom. The summed E-state index contributed by atoms with van der Waals surface area (Å²) in [5.41, 5.74) is -0.462. The topological polar surface area (TPSA) is 85.3 Å². The molecule has 0 aromatic heterocycles. The van der Waals surface area contributed by atoms with Crippen LogP contribution in [0.4, 0.5) is 4.79 Å². The molecule has 0 bridgehead atoms. The molecule has 2 aliphatic heterocycles. The van der Waals surface area contributed by atoms with Gasteiger partial charge >= 0.3 is 12.1 Å². The van der Waals surface area contributed by atoms with Gasteiger partial charge in [0.2, 0.25) is 0 Å². The van der Waals surface area contributed by atoms with Crippen molar-refractivity contribution in [2.24, 2.45) is 5.41 Å². The fourth-order valence-corrected chi connectivity index (χ4v) is 3.25. The molecule has 1 amide bonds. The van der Waals surface area contributed by atoms with E-state index in [2.05, 4.69) is 0 Å². The van der Waals surface area contributed by atoms with Crippen LogP contribution in [-0.4, -0.2) is 54.2 Å². The third kappa shape index (κ3) is 2.85. The predicted molar refractivity (Wildman–Crippen MR) is 83.2 cm³/mol. The number of carbonyl (C=O) groups is 2. The maximum Gasteiger partial charge on any atom is 0.410 e. The van der Waals surface area contributed by atoms with Gasteiger partial charge in [-0.3, -0.25) is 4.79 Å². The van der Waals surface area contributed by atoms with E-state index < -0.39 is 23.3 Å². The van der Waals surface area contributed by atoms with Crippen molar-refractivity contribution in [2.75, 3.05) is 26.3 Å². The van der Waals surface area contributed by atoms with Crippen molar-refractivity contribution in [3.63, 3.8) is 0 Å². The summed E-state index contributed by atoms with van der Waals surface area (Å²) in [4.78, 5) is 25.6. The maximum atomic E-state index is 12.3. The highest BCUT2D eigenvalue weighted by Gasteiger charge is 2.61. The zero-order chi connectivity index (χ0) is 17.2. The van der Waals surface area contributed by atoms with Crippen LogP contribution in [0.5, 0.6) is 0 Å². The standard InChI is InChI=1S/C17H21NO6/c1-16(14(19)20)12-18(8-7-17(16)23-9-10-24-17)15(21)22-11-13-5-3-2-4-6-13/h2-6H,7-12H2,1H3,(H,19,20). The molecule has 1 atom stereocenters. The second-order valence-electron chi connectivity index (χ2n) is 6.30. The van der Waals surface area contributed by atoms with Crippen molar-refractivity contribution < 1.29 is 28.9 Å². The maximum absolute atomic E-state index is 12.3. The highest BCUT2D eigenvalue weighted by molar-refractivity contribution is 5.78. The van der Waals surface area contributed by atoms with Gasteiger partial charge < -0.3 is 24.2 Å². The second-order valence-corrected chi connectivity index (χ2v) is 6.30. The molecule has 1 aromatic carbocycles. The first kappa shape index (κ1) is 16.7. The van der Waals surface area contributed by atoms with Gasteiger partial charge in [-0.2, -0.15) is 0 Å². The number of piperidine rings is 1. The third-order valence-corrected chi connectivity index (χ3v) is 4.75. The van der Waals surface area contributed by atoms with E-state index in [1.807, 2.05) is 30.3 Å². The average Bonchev–Trinajstić information content (AvgIpc) is 3.06. The van der Waals surface area contributed by atoms with E-state index in [1.165, 1.54) is 4.90 Å². The molecule has 7 nitrogen and oxygen atoms in total. The van der Waals surface area contributed by atoms with Gasteiger partial charge in [-0.25, -0.2) is 4.79 Å². The number of carbonyl (C=O) groups excluding carboxylic acids is 1. The van der Waals surface area contributed by atoms with E-state index in [0.717, 1.165) is 5.56 Å². The molecule has 2 saturated heterocycles. The summed E-state index contributed by atoms with van der Waals surface area (Å²) in [7, 11) is 0. The lowest BCUT2D eigenvalue weighted by Crippen LogP contribution is -2.63. The van der Waals surface area contributed by atoms with E-state index in [4.69, 9.17) is 14.2 Å². The molecule has 0 saturated carbocycles. The summed E-state index contributed by atoms with van der Waals surface area (Å²) in [5, 5.41) is 9.69. The highest BCUT2D eigenvalue weighted by Crippen LogP contribution is 2.45. The molecular formula is C17H21NO6. The summed E-state index contributed by atoms with van der Waals surface area (Å²) < 4.78 is 16.6. The van der Waals surface area contributed by atoms with Gasteiger partial charge in [0.1, 0.15) is 12.0 Å². The minimum atomic E-state index is -1.34. The molecule has 1 unspecified atom stereocenters. The molecule has 1 N–H and O–H groups in total. The summed E-state index contributed by atoms with van der Waals surface area (Å²) in [6.45, 7) is 2.74. The van der Waals surface area contributed by atoms with Crippen molar-refractivity contribution in [3.8, 4) is 0 Å². The lowest BCUT2D eigenvalue weighted by Gasteiger charge is -2.48. The first-order valence-electron chi connectivity index (χ1n) is 7.94. The number of benzene rings is 1. The van der Waals surface area contributed by atoms with Crippen molar-refractivity contribution in [1.82, 2.24) is 4.90 Å². The molecule has 1 spiro atoms. The largest absolute Gasteiger partial charge is 0.481 e. The average molecular weight is 335 g/mol. The molecule has 7 heteroatoms. The third-order valence-electron chi connectivity index (χ3n) is 4.75. The van der Waals surface area contributed by atoms with Crippen molar-refractivity contribution in [3.05, 3.63) is 35.9 Å². The van der Waals surface area contributed by atoms with Gasteiger partial charge in [-0.15, -0.1) is 0 Å². The van der Waals surface area contributed by atoms with Crippen molar-refractivity contribution in [1.29, 1.82) is 0 Å². The normalized spacial score (nSPS) is 25.6. The van der Waals surface area contributed by atoms with Crippen LogP contribution < -0.4 is 0 Å². The first-order valence-corrected chi connectivity index (χ1v) is 7.94. The van der Waals surface area contributed by atoms with Crippen LogP contribution in [-0.2, 0) is 25.6 Å². The predicted octanol–water partition coefficient (Wildman–Crippen LogP) is 1.86. The van der Waals surface area contributed by atoms with Crippen molar-refractivity contribution >= 4 is 12.1 Å². The number of rotatable bonds is 3. The fourth-order valence-electron chi connectivity index (χ4n) is 3.25. The molecule has 130 valence electrons. The lowest BCUT2D eigenvalue weighted by molar-refractivity contribution is -0.257. The zero-order valence-electron chi connectivity index (χ0n) is 13.6. The number of aliphatic carboxylic acids is 1. The Balaban J connectivity index is 1.67. The summed E-state index contributed by atoms with van der Waals surface area (Å²) in [6.07, 6.45) is -0.227. The van der Waals surface area contributed by atoms with Gasteiger partial charge in [0.05, 0.1) is 13.2 Å². The number of hydrogen-bond donors (Lipinski definition) is 1. The van der Waals surface area contributed by atoms with Crippen molar-refractivity contribution in [2.45, 2.75) is 25.7 Å². The first-order chi connectivity index (χ1) is 11.5. The van der Waals surface area contributed by atoms with Gasteiger partial charge in [0, 0.05) is 19.5 Å². The Hall–Kier alpha value is -2.12. The molecule has 0 aliphatic carbocycles. The number of hydrogen-bond acceptors (Lipinski definition) is 5. The van der Waals surface area contributed by atoms with Crippen LogP contribution in [0.1, 0.15) is 18.9 Å². The number of carboxylic acid groups (broad SMARTS) is 1. The van der Waals surface area contributed by atoms with Gasteiger partial charge in [-0.05, 0) is 12.5 Å². The number of nitrogens with zero attached hydrogens (tertiary/aromatic N) is 1. The molecule has 24 heavy (non-hydrogen) atoms. The number of amides is 1. The Kier molecular flexibility index (Phi) is 4.47. The van der Waals surface area contributed by atoms with Gasteiger partial charge in [0.15, 0.2) is 5.79 Å². The summed E-state index contributed by atoms with van der Waals surface area (Å²) in [5.74, 6) is -2.22. The van der Waals surface area contributed by atoms with Gasteiger partial charge in [-0.1, -0.05) is 30.3 Å². The van der Waals surface area contributed by atoms with E-state index >= 15 is 0 Å². The van der Waals surface area contributed by atoms with Crippen LogP contribution >= 0.6 is 0 Å². The SMILES string of the molecule is CC1(C(=O)O)CN(C(=O)OCc2ccccc2)CCC12OCCO2. The van der Waals surface area contributed by atoms with Gasteiger partial charge in [0.25, 0.3) is 0 Å². The van der Waals surface area contributed by atoms with E-state index in [0.29, 0.717) is 26.2 Å². The highest BCUT2D eigenvalue weighted by atomic mass is 16.7.